The first-order valence-electron chi connectivity index (χ1n) is 4.85. The van der Waals surface area contributed by atoms with Gasteiger partial charge in [-0.2, -0.15) is 0 Å². The number of rotatable bonds is 2. The van der Waals surface area contributed by atoms with Crippen LogP contribution in [0.1, 0.15) is 22.6 Å². The lowest BCUT2D eigenvalue weighted by Gasteiger charge is -1.99. The molecule has 0 saturated heterocycles. The normalized spacial score (nSPS) is 10.4. The van der Waals surface area contributed by atoms with E-state index in [1.807, 2.05) is 19.1 Å². The molecule has 0 aliphatic heterocycles. The van der Waals surface area contributed by atoms with Gasteiger partial charge in [-0.3, -0.25) is 0 Å². The fourth-order valence-corrected chi connectivity index (χ4v) is 1.60. The molecule has 0 unspecified atom stereocenters. The maximum Gasteiger partial charge on any atom is 0.108 e. The number of hydrogen-bond acceptors (Lipinski definition) is 1. The summed E-state index contributed by atoms with van der Waals surface area (Å²) >= 11 is 0. The van der Waals surface area contributed by atoms with E-state index in [9.17, 15) is 0 Å². The maximum absolute atomic E-state index is 5.53. The van der Waals surface area contributed by atoms with Crippen LogP contribution in [0.2, 0.25) is 0 Å². The molecule has 72 valence electrons. The Bertz CT molecular complexity index is 426. The zero-order valence-electron chi connectivity index (χ0n) is 8.58. The largest absolute Gasteiger partial charge is 0.466 e. The summed E-state index contributed by atoms with van der Waals surface area (Å²) in [5, 5.41) is 0. The van der Waals surface area contributed by atoms with E-state index >= 15 is 0 Å². The van der Waals surface area contributed by atoms with E-state index < -0.39 is 0 Å². The Hall–Kier alpha value is -1.50. The lowest BCUT2D eigenvalue weighted by Crippen LogP contribution is -1.85. The van der Waals surface area contributed by atoms with Crippen LogP contribution in [0.3, 0.4) is 0 Å². The summed E-state index contributed by atoms with van der Waals surface area (Å²) in [5.74, 6) is 2.01. The van der Waals surface area contributed by atoms with Crippen LogP contribution >= 0.6 is 0 Å². The van der Waals surface area contributed by atoms with Gasteiger partial charge in [-0.05, 0) is 31.5 Å². The molecule has 2 rings (SSSR count). The first-order chi connectivity index (χ1) is 6.74. The van der Waals surface area contributed by atoms with Crippen LogP contribution in [-0.4, -0.2) is 0 Å². The highest BCUT2D eigenvalue weighted by molar-refractivity contribution is 5.25. The van der Waals surface area contributed by atoms with Crippen molar-refractivity contribution >= 4 is 0 Å². The van der Waals surface area contributed by atoms with Crippen LogP contribution in [-0.2, 0) is 6.42 Å². The maximum atomic E-state index is 5.53. The van der Waals surface area contributed by atoms with E-state index in [2.05, 4.69) is 31.2 Å². The summed E-state index contributed by atoms with van der Waals surface area (Å²) in [6.45, 7) is 4.08. The lowest BCUT2D eigenvalue weighted by atomic mass is 10.1. The Morgan fingerprint density at radius 3 is 2.57 bits per heavy atom. The van der Waals surface area contributed by atoms with Gasteiger partial charge in [0.2, 0.25) is 0 Å². The number of furan rings is 1. The summed E-state index contributed by atoms with van der Waals surface area (Å²) in [6, 6.07) is 12.6. The molecule has 14 heavy (non-hydrogen) atoms. The van der Waals surface area contributed by atoms with Crippen molar-refractivity contribution in [1.29, 1.82) is 0 Å². The Balaban J connectivity index is 2.18. The van der Waals surface area contributed by atoms with Crippen molar-refractivity contribution in [3.63, 3.8) is 0 Å². The minimum absolute atomic E-state index is 0.884. The quantitative estimate of drug-likeness (QED) is 0.699. The third-order valence-electron chi connectivity index (χ3n) is 2.26. The fourth-order valence-electron chi connectivity index (χ4n) is 1.60. The van der Waals surface area contributed by atoms with Gasteiger partial charge < -0.3 is 4.42 Å². The van der Waals surface area contributed by atoms with Gasteiger partial charge in [0.25, 0.3) is 0 Å². The molecule has 0 aliphatic rings. The van der Waals surface area contributed by atoms with Crippen LogP contribution in [0.4, 0.5) is 0 Å². The average molecular weight is 186 g/mol. The number of aryl methyl sites for hydroxylation is 2. The topological polar surface area (TPSA) is 13.1 Å². The van der Waals surface area contributed by atoms with E-state index in [1.54, 1.807) is 0 Å². The summed E-state index contributed by atoms with van der Waals surface area (Å²) in [7, 11) is 0. The van der Waals surface area contributed by atoms with Crippen molar-refractivity contribution < 1.29 is 4.42 Å². The minimum atomic E-state index is 0.884. The van der Waals surface area contributed by atoms with Gasteiger partial charge in [0.1, 0.15) is 11.5 Å². The molecule has 0 saturated carbocycles. The molecule has 0 bridgehead atoms. The highest BCUT2D eigenvalue weighted by Gasteiger charge is 2.00. The SMILES string of the molecule is Cc1cccc(Cc2ccc(C)o2)c1. The standard InChI is InChI=1S/C13H14O/c1-10-4-3-5-12(8-10)9-13-7-6-11(2)14-13/h3-8H,9H2,1-2H3. The van der Waals surface area contributed by atoms with Crippen LogP contribution < -0.4 is 0 Å². The van der Waals surface area contributed by atoms with Crippen molar-refractivity contribution in [3.05, 3.63) is 59.0 Å². The highest BCUT2D eigenvalue weighted by Crippen LogP contribution is 2.13. The van der Waals surface area contributed by atoms with E-state index in [0.717, 1.165) is 17.9 Å². The molecule has 1 nitrogen and oxygen atoms in total. The summed E-state index contributed by atoms with van der Waals surface area (Å²) < 4.78 is 5.53. The smallest absolute Gasteiger partial charge is 0.108 e. The van der Waals surface area contributed by atoms with Gasteiger partial charge in [0.15, 0.2) is 0 Å². The van der Waals surface area contributed by atoms with Gasteiger partial charge in [0, 0.05) is 6.42 Å². The van der Waals surface area contributed by atoms with E-state index in [1.165, 1.54) is 11.1 Å². The number of benzene rings is 1. The molecule has 1 heterocycles. The fraction of sp³-hybridized carbons (Fsp3) is 0.231. The molecule has 0 N–H and O–H groups in total. The van der Waals surface area contributed by atoms with Crippen LogP contribution in [0.5, 0.6) is 0 Å². The summed E-state index contributed by atoms with van der Waals surface area (Å²) in [5.41, 5.74) is 2.60. The molecule has 0 amide bonds. The van der Waals surface area contributed by atoms with Crippen LogP contribution in [0.15, 0.2) is 40.8 Å². The lowest BCUT2D eigenvalue weighted by molar-refractivity contribution is 0.493. The molecule has 1 aromatic carbocycles. The molecule has 1 aromatic heterocycles. The van der Waals surface area contributed by atoms with Gasteiger partial charge in [-0.25, -0.2) is 0 Å². The second kappa shape index (κ2) is 3.70. The summed E-state index contributed by atoms with van der Waals surface area (Å²) in [4.78, 5) is 0. The molecule has 0 radical (unpaired) electrons. The first-order valence-corrected chi connectivity index (χ1v) is 4.85. The zero-order chi connectivity index (χ0) is 9.97. The van der Waals surface area contributed by atoms with Crippen LogP contribution in [0.25, 0.3) is 0 Å². The molecule has 1 heteroatoms. The third kappa shape index (κ3) is 2.05. The van der Waals surface area contributed by atoms with Gasteiger partial charge in [-0.15, -0.1) is 0 Å². The molecule has 0 aliphatic carbocycles. The van der Waals surface area contributed by atoms with Gasteiger partial charge in [-0.1, -0.05) is 29.8 Å². The van der Waals surface area contributed by atoms with E-state index in [0.29, 0.717) is 0 Å². The first kappa shape index (κ1) is 9.07. The second-order valence-electron chi connectivity index (χ2n) is 3.68. The van der Waals surface area contributed by atoms with Crippen molar-refractivity contribution in [3.8, 4) is 0 Å². The van der Waals surface area contributed by atoms with Gasteiger partial charge in [0.05, 0.1) is 0 Å². The van der Waals surface area contributed by atoms with Crippen molar-refractivity contribution in [2.24, 2.45) is 0 Å². The Morgan fingerprint density at radius 1 is 1.07 bits per heavy atom. The zero-order valence-corrected chi connectivity index (χ0v) is 8.58. The predicted octanol–water partition coefficient (Wildman–Crippen LogP) is 3.49. The Labute approximate surface area is 84.4 Å². The second-order valence-corrected chi connectivity index (χ2v) is 3.68. The van der Waals surface area contributed by atoms with Crippen molar-refractivity contribution in [2.45, 2.75) is 20.3 Å². The molecular weight excluding hydrogens is 172 g/mol. The summed E-state index contributed by atoms with van der Waals surface area (Å²) in [6.07, 6.45) is 0.884. The average Bonchev–Trinajstić information content (AvgIpc) is 2.51. The molecule has 0 spiro atoms. The van der Waals surface area contributed by atoms with Gasteiger partial charge >= 0.3 is 0 Å². The molecular formula is C13H14O. The highest BCUT2D eigenvalue weighted by atomic mass is 16.3. The van der Waals surface area contributed by atoms with Crippen molar-refractivity contribution in [1.82, 2.24) is 0 Å². The van der Waals surface area contributed by atoms with Crippen LogP contribution in [0, 0.1) is 13.8 Å². The third-order valence-corrected chi connectivity index (χ3v) is 2.26. The minimum Gasteiger partial charge on any atom is -0.466 e. The van der Waals surface area contributed by atoms with E-state index in [-0.39, 0.29) is 0 Å². The van der Waals surface area contributed by atoms with Crippen molar-refractivity contribution in [2.75, 3.05) is 0 Å². The predicted molar refractivity (Wildman–Crippen MR) is 57.4 cm³/mol. The molecule has 0 fully saturated rings. The Morgan fingerprint density at radius 2 is 1.93 bits per heavy atom. The Kier molecular flexibility index (Phi) is 2.40. The molecule has 2 aromatic rings. The monoisotopic (exact) mass is 186 g/mol. The number of hydrogen-bond donors (Lipinski definition) is 0. The van der Waals surface area contributed by atoms with E-state index in [4.69, 9.17) is 4.42 Å². The molecule has 0 atom stereocenters.